The van der Waals surface area contributed by atoms with Crippen LogP contribution >= 0.6 is 23.2 Å². The number of halogens is 2. The van der Waals surface area contributed by atoms with Gasteiger partial charge in [0.05, 0.1) is 20.9 Å². The SMILES string of the molecule is O=[N+]([O-])c1cc(Nc2nc3ccccc3nc2NS(=O)(=O)c2cccc(Cl)c2)ccc1Cl. The van der Waals surface area contributed by atoms with Crippen molar-refractivity contribution in [3.05, 3.63) is 86.9 Å². The van der Waals surface area contributed by atoms with Gasteiger partial charge in [0.15, 0.2) is 11.6 Å². The Kier molecular flexibility index (Phi) is 5.83. The van der Waals surface area contributed by atoms with E-state index >= 15 is 0 Å². The molecule has 1 aromatic heterocycles. The Morgan fingerprint density at radius 1 is 0.875 bits per heavy atom. The van der Waals surface area contributed by atoms with Crippen LogP contribution in [0.25, 0.3) is 11.0 Å². The number of anilines is 3. The molecule has 0 spiro atoms. The Morgan fingerprint density at radius 2 is 1.56 bits per heavy atom. The van der Waals surface area contributed by atoms with Gasteiger partial charge in [-0.1, -0.05) is 41.4 Å². The minimum absolute atomic E-state index is 0.0352. The summed E-state index contributed by atoms with van der Waals surface area (Å²) in [7, 11) is -4.05. The first-order chi connectivity index (χ1) is 15.2. The van der Waals surface area contributed by atoms with Crippen LogP contribution < -0.4 is 10.0 Å². The van der Waals surface area contributed by atoms with Crippen LogP contribution in [-0.2, 0) is 10.0 Å². The number of nitrogens with zero attached hydrogens (tertiary/aromatic N) is 3. The summed E-state index contributed by atoms with van der Waals surface area (Å²) >= 11 is 11.8. The van der Waals surface area contributed by atoms with Crippen molar-refractivity contribution in [2.75, 3.05) is 10.0 Å². The van der Waals surface area contributed by atoms with Gasteiger partial charge in [0.25, 0.3) is 15.7 Å². The largest absolute Gasteiger partial charge is 0.337 e. The van der Waals surface area contributed by atoms with E-state index in [0.717, 1.165) is 0 Å². The molecule has 0 saturated carbocycles. The summed E-state index contributed by atoms with van der Waals surface area (Å²) in [5, 5.41) is 14.3. The molecule has 4 aromatic rings. The highest BCUT2D eigenvalue weighted by molar-refractivity contribution is 7.92. The molecule has 0 bridgehead atoms. The van der Waals surface area contributed by atoms with Crippen LogP contribution in [0.3, 0.4) is 0 Å². The van der Waals surface area contributed by atoms with Crippen molar-refractivity contribution in [2.45, 2.75) is 4.90 Å². The Bertz CT molecular complexity index is 1460. The third-order valence-corrected chi connectivity index (χ3v) is 6.20. The summed E-state index contributed by atoms with van der Waals surface area (Å²) in [5.41, 5.74) is 0.897. The Morgan fingerprint density at radius 3 is 2.22 bits per heavy atom. The molecule has 4 rings (SSSR count). The summed E-state index contributed by atoms with van der Waals surface area (Å²) in [5.74, 6) is -0.0489. The highest BCUT2D eigenvalue weighted by Gasteiger charge is 2.20. The first-order valence-electron chi connectivity index (χ1n) is 8.99. The molecule has 1 heterocycles. The number of aromatic nitrogens is 2. The number of rotatable bonds is 6. The second-order valence-corrected chi connectivity index (χ2v) is 9.05. The maximum atomic E-state index is 12.9. The van der Waals surface area contributed by atoms with E-state index in [1.807, 2.05) is 0 Å². The van der Waals surface area contributed by atoms with Crippen molar-refractivity contribution in [1.29, 1.82) is 0 Å². The highest BCUT2D eigenvalue weighted by Crippen LogP contribution is 2.31. The van der Waals surface area contributed by atoms with Gasteiger partial charge in [0, 0.05) is 16.8 Å². The lowest BCUT2D eigenvalue weighted by Gasteiger charge is -2.14. The number of benzene rings is 3. The predicted molar refractivity (Wildman–Crippen MR) is 123 cm³/mol. The molecule has 0 aliphatic heterocycles. The summed E-state index contributed by atoms with van der Waals surface area (Å²) in [6, 6.07) is 16.7. The van der Waals surface area contributed by atoms with Gasteiger partial charge in [-0.3, -0.25) is 14.8 Å². The van der Waals surface area contributed by atoms with Crippen LogP contribution in [0.2, 0.25) is 10.0 Å². The number of sulfonamides is 1. The van der Waals surface area contributed by atoms with Gasteiger partial charge < -0.3 is 5.32 Å². The standard InChI is InChI=1S/C20H13Cl2N5O4S/c21-12-4-3-5-14(10-12)32(30,31)26-20-19(24-16-6-1-2-7-17(16)25-20)23-13-8-9-15(22)18(11-13)27(28)29/h1-11H,(H,23,24)(H,25,26). The lowest BCUT2D eigenvalue weighted by atomic mass is 10.2. The molecule has 3 aromatic carbocycles. The summed E-state index contributed by atoms with van der Waals surface area (Å²) in [6.45, 7) is 0. The van der Waals surface area contributed by atoms with Gasteiger partial charge in [0.1, 0.15) is 5.02 Å². The fraction of sp³-hybridized carbons (Fsp3) is 0. The average Bonchev–Trinajstić information content (AvgIpc) is 2.75. The number of hydrogen-bond donors (Lipinski definition) is 2. The summed E-state index contributed by atoms with van der Waals surface area (Å²) < 4.78 is 28.2. The second-order valence-electron chi connectivity index (χ2n) is 6.52. The molecule has 32 heavy (non-hydrogen) atoms. The highest BCUT2D eigenvalue weighted by atomic mass is 35.5. The molecule has 0 aliphatic carbocycles. The quantitative estimate of drug-likeness (QED) is 0.274. The van der Waals surface area contributed by atoms with E-state index < -0.39 is 14.9 Å². The minimum atomic E-state index is -4.05. The van der Waals surface area contributed by atoms with Crippen molar-refractivity contribution in [3.8, 4) is 0 Å². The van der Waals surface area contributed by atoms with E-state index in [0.29, 0.717) is 11.0 Å². The normalized spacial score (nSPS) is 11.3. The van der Waals surface area contributed by atoms with Crippen LogP contribution in [-0.4, -0.2) is 23.3 Å². The van der Waals surface area contributed by atoms with Gasteiger partial charge in [-0.05, 0) is 42.5 Å². The van der Waals surface area contributed by atoms with Crippen LogP contribution in [0.4, 0.5) is 23.0 Å². The third kappa shape index (κ3) is 4.57. The number of nitro benzene ring substituents is 1. The maximum Gasteiger partial charge on any atom is 0.289 e. The van der Waals surface area contributed by atoms with Crippen LogP contribution in [0.5, 0.6) is 0 Å². The molecular weight excluding hydrogens is 477 g/mol. The number of nitrogens with one attached hydrogen (secondary N) is 2. The zero-order chi connectivity index (χ0) is 22.9. The van der Waals surface area contributed by atoms with Gasteiger partial charge in [-0.15, -0.1) is 0 Å². The van der Waals surface area contributed by atoms with E-state index in [1.54, 1.807) is 30.3 Å². The molecular formula is C20H13Cl2N5O4S. The minimum Gasteiger partial charge on any atom is -0.337 e. The third-order valence-electron chi connectivity index (χ3n) is 4.31. The number of fused-ring (bicyclic) bond motifs is 1. The Hall–Kier alpha value is -3.47. The number of hydrogen-bond acceptors (Lipinski definition) is 7. The monoisotopic (exact) mass is 489 g/mol. The van der Waals surface area contributed by atoms with Crippen LogP contribution in [0.15, 0.2) is 71.6 Å². The lowest BCUT2D eigenvalue weighted by Crippen LogP contribution is -2.16. The van der Waals surface area contributed by atoms with E-state index in [1.165, 1.54) is 36.4 Å². The van der Waals surface area contributed by atoms with Crippen LogP contribution in [0, 0.1) is 10.1 Å². The first-order valence-corrected chi connectivity index (χ1v) is 11.2. The topological polar surface area (TPSA) is 127 Å². The number of para-hydroxylation sites is 2. The van der Waals surface area contributed by atoms with Crippen LogP contribution in [0.1, 0.15) is 0 Å². The molecule has 12 heteroatoms. The van der Waals surface area contributed by atoms with Gasteiger partial charge in [-0.25, -0.2) is 18.4 Å². The van der Waals surface area contributed by atoms with E-state index in [-0.39, 0.29) is 38.0 Å². The van der Waals surface area contributed by atoms with Crippen molar-refractivity contribution in [3.63, 3.8) is 0 Å². The zero-order valence-corrected chi connectivity index (χ0v) is 18.3. The fourth-order valence-corrected chi connectivity index (χ4v) is 4.34. The molecule has 2 N–H and O–H groups in total. The molecule has 0 aliphatic rings. The Balaban J connectivity index is 1.79. The van der Waals surface area contributed by atoms with Crippen molar-refractivity contribution < 1.29 is 13.3 Å². The second kappa shape index (κ2) is 8.58. The summed E-state index contributed by atoms with van der Waals surface area (Å²) in [4.78, 5) is 19.3. The molecule has 0 fully saturated rings. The molecule has 9 nitrogen and oxygen atoms in total. The average molecular weight is 490 g/mol. The fourth-order valence-electron chi connectivity index (χ4n) is 2.85. The van der Waals surface area contributed by atoms with Gasteiger partial charge >= 0.3 is 0 Å². The van der Waals surface area contributed by atoms with E-state index in [9.17, 15) is 18.5 Å². The van der Waals surface area contributed by atoms with Crippen molar-refractivity contribution in [2.24, 2.45) is 0 Å². The maximum absolute atomic E-state index is 12.9. The molecule has 0 atom stereocenters. The zero-order valence-electron chi connectivity index (χ0n) is 16.0. The predicted octanol–water partition coefficient (Wildman–Crippen LogP) is 5.39. The molecule has 162 valence electrons. The van der Waals surface area contributed by atoms with Gasteiger partial charge in [-0.2, -0.15) is 0 Å². The van der Waals surface area contributed by atoms with E-state index in [4.69, 9.17) is 23.2 Å². The summed E-state index contributed by atoms with van der Waals surface area (Å²) in [6.07, 6.45) is 0. The van der Waals surface area contributed by atoms with Gasteiger partial charge in [0.2, 0.25) is 0 Å². The molecule has 0 saturated heterocycles. The lowest BCUT2D eigenvalue weighted by molar-refractivity contribution is -0.384. The van der Waals surface area contributed by atoms with E-state index in [2.05, 4.69) is 20.0 Å². The van der Waals surface area contributed by atoms with Crippen molar-refractivity contribution in [1.82, 2.24) is 9.97 Å². The smallest absolute Gasteiger partial charge is 0.289 e. The number of nitro groups is 1. The molecule has 0 unspecified atom stereocenters. The molecule has 0 amide bonds. The Labute approximate surface area is 192 Å². The van der Waals surface area contributed by atoms with Crippen molar-refractivity contribution >= 4 is 67.3 Å². The first kappa shape index (κ1) is 21.8. The molecule has 0 radical (unpaired) electrons.